The van der Waals surface area contributed by atoms with Gasteiger partial charge in [0.05, 0.1) is 22.5 Å². The van der Waals surface area contributed by atoms with Crippen LogP contribution in [0.15, 0.2) is 42.9 Å². The Balaban J connectivity index is 1.83. The number of carbonyl (C=O) groups is 1. The number of nitrogens with two attached hydrogens (primary N) is 1. The number of amides is 1. The Bertz CT molecular complexity index is 876. The summed E-state index contributed by atoms with van der Waals surface area (Å²) in [5.41, 5.74) is 6.62. The van der Waals surface area contributed by atoms with Gasteiger partial charge in [-0.15, -0.1) is 0 Å². The molecule has 1 aliphatic rings. The number of nitrogens with zero attached hydrogens (tertiary/aromatic N) is 2. The fourth-order valence-electron chi connectivity index (χ4n) is 3.27. The number of nitrogens with one attached hydrogen (secondary N) is 1. The molecule has 1 fully saturated rings. The summed E-state index contributed by atoms with van der Waals surface area (Å²) in [6, 6.07) is 7.03. The van der Waals surface area contributed by atoms with Crippen molar-refractivity contribution in [3.63, 3.8) is 0 Å². The van der Waals surface area contributed by atoms with Crippen molar-refractivity contribution >= 4 is 16.8 Å². The molecule has 0 radical (unpaired) electrons. The van der Waals surface area contributed by atoms with E-state index in [4.69, 9.17) is 5.73 Å². The highest BCUT2D eigenvalue weighted by atomic mass is 19.1. The molecular formula is C16H13FN4O. The summed E-state index contributed by atoms with van der Waals surface area (Å²) in [6.07, 6.45) is 5.20. The first-order chi connectivity index (χ1) is 10.6. The van der Waals surface area contributed by atoms with Crippen molar-refractivity contribution in [1.29, 1.82) is 0 Å². The number of carbonyl (C=O) groups excluding carboxylic acids is 1. The number of primary amides is 1. The number of fused-ring (bicyclic) bond motifs is 1. The van der Waals surface area contributed by atoms with Crippen molar-refractivity contribution in [2.24, 2.45) is 5.73 Å². The third-order valence-corrected chi connectivity index (χ3v) is 4.54. The fourth-order valence-corrected chi connectivity index (χ4v) is 3.27. The summed E-state index contributed by atoms with van der Waals surface area (Å²) in [7, 11) is 0. The van der Waals surface area contributed by atoms with E-state index in [1.54, 1.807) is 30.6 Å². The van der Waals surface area contributed by atoms with E-state index in [0.717, 1.165) is 5.56 Å². The molecular weight excluding hydrogens is 283 g/mol. The fraction of sp³-hybridized carbons (Fsp3) is 0.188. The lowest BCUT2D eigenvalue weighted by atomic mass is 9.90. The predicted octanol–water partition coefficient (Wildman–Crippen LogP) is 2.01. The van der Waals surface area contributed by atoms with Gasteiger partial charge in [0.2, 0.25) is 5.91 Å². The number of benzene rings is 1. The first-order valence-corrected chi connectivity index (χ1v) is 6.96. The standard InChI is InChI=1S/C16H13FN4O/c17-14-10(3-4-13-11(14)8-20-21-13)12-6-16(12,15(18)22)9-2-1-5-19-7-9/h1-5,7-8,12H,6H2,(H2,18,22)(H,20,21). The van der Waals surface area contributed by atoms with Crippen LogP contribution in [0.4, 0.5) is 4.39 Å². The molecule has 0 aliphatic heterocycles. The minimum Gasteiger partial charge on any atom is -0.369 e. The average molecular weight is 296 g/mol. The smallest absolute Gasteiger partial charge is 0.228 e. The maximum atomic E-state index is 14.7. The molecule has 4 rings (SSSR count). The largest absolute Gasteiger partial charge is 0.369 e. The maximum Gasteiger partial charge on any atom is 0.228 e. The number of halogens is 1. The number of aromatic amines is 1. The van der Waals surface area contributed by atoms with Crippen molar-refractivity contribution in [2.75, 3.05) is 0 Å². The number of pyridine rings is 1. The van der Waals surface area contributed by atoms with Crippen LogP contribution in [0.2, 0.25) is 0 Å². The predicted molar refractivity (Wildman–Crippen MR) is 78.5 cm³/mol. The number of hydrogen-bond donors (Lipinski definition) is 2. The zero-order valence-electron chi connectivity index (χ0n) is 11.6. The molecule has 6 heteroatoms. The number of H-pyrrole nitrogens is 1. The van der Waals surface area contributed by atoms with E-state index in [1.807, 2.05) is 6.07 Å². The first kappa shape index (κ1) is 12.9. The molecule has 5 nitrogen and oxygen atoms in total. The van der Waals surface area contributed by atoms with Crippen molar-refractivity contribution in [2.45, 2.75) is 17.8 Å². The van der Waals surface area contributed by atoms with E-state index >= 15 is 0 Å². The van der Waals surface area contributed by atoms with Gasteiger partial charge in [-0.3, -0.25) is 14.9 Å². The summed E-state index contributed by atoms with van der Waals surface area (Å²) in [6.45, 7) is 0. The van der Waals surface area contributed by atoms with Crippen LogP contribution < -0.4 is 5.73 Å². The molecule has 1 aliphatic carbocycles. The summed E-state index contributed by atoms with van der Waals surface area (Å²) < 4.78 is 14.7. The van der Waals surface area contributed by atoms with Gasteiger partial charge in [-0.2, -0.15) is 5.10 Å². The molecule has 3 N–H and O–H groups in total. The van der Waals surface area contributed by atoms with Gasteiger partial charge >= 0.3 is 0 Å². The number of hydrogen-bond acceptors (Lipinski definition) is 3. The minimum atomic E-state index is -0.869. The Morgan fingerprint density at radius 1 is 1.36 bits per heavy atom. The highest BCUT2D eigenvalue weighted by molar-refractivity contribution is 5.93. The van der Waals surface area contributed by atoms with Crippen molar-refractivity contribution in [1.82, 2.24) is 15.2 Å². The normalized spacial score (nSPS) is 23.6. The van der Waals surface area contributed by atoms with E-state index in [9.17, 15) is 9.18 Å². The van der Waals surface area contributed by atoms with Crippen LogP contribution in [0.1, 0.15) is 23.5 Å². The van der Waals surface area contributed by atoms with E-state index in [-0.39, 0.29) is 11.7 Å². The van der Waals surface area contributed by atoms with Crippen LogP contribution in [0.25, 0.3) is 10.9 Å². The minimum absolute atomic E-state index is 0.270. The molecule has 0 saturated heterocycles. The Morgan fingerprint density at radius 3 is 2.95 bits per heavy atom. The summed E-state index contributed by atoms with van der Waals surface area (Å²) in [5, 5.41) is 7.00. The van der Waals surface area contributed by atoms with Gasteiger partial charge in [0.1, 0.15) is 5.82 Å². The Kier molecular flexibility index (Phi) is 2.57. The van der Waals surface area contributed by atoms with Crippen molar-refractivity contribution in [3.8, 4) is 0 Å². The van der Waals surface area contributed by atoms with Crippen LogP contribution in [0.5, 0.6) is 0 Å². The molecule has 2 unspecified atom stereocenters. The zero-order valence-corrected chi connectivity index (χ0v) is 11.6. The van der Waals surface area contributed by atoms with Gasteiger partial charge < -0.3 is 5.73 Å². The Labute approximate surface area is 125 Å². The lowest BCUT2D eigenvalue weighted by Crippen LogP contribution is -2.30. The quantitative estimate of drug-likeness (QED) is 0.775. The maximum absolute atomic E-state index is 14.7. The lowest BCUT2D eigenvalue weighted by molar-refractivity contribution is -0.120. The summed E-state index contributed by atoms with van der Waals surface area (Å²) in [5.74, 6) is -1.06. The van der Waals surface area contributed by atoms with Gasteiger partial charge in [-0.25, -0.2) is 4.39 Å². The second-order valence-corrected chi connectivity index (χ2v) is 5.63. The molecule has 2 aromatic heterocycles. The van der Waals surface area contributed by atoms with Crippen LogP contribution in [0, 0.1) is 5.82 Å². The number of rotatable bonds is 3. The van der Waals surface area contributed by atoms with Gasteiger partial charge in [0.25, 0.3) is 0 Å². The topological polar surface area (TPSA) is 84.7 Å². The van der Waals surface area contributed by atoms with Gasteiger partial charge in [-0.1, -0.05) is 12.1 Å². The van der Waals surface area contributed by atoms with E-state index in [1.165, 1.54) is 6.20 Å². The summed E-state index contributed by atoms with van der Waals surface area (Å²) in [4.78, 5) is 16.1. The molecule has 22 heavy (non-hydrogen) atoms. The molecule has 1 aromatic carbocycles. The van der Waals surface area contributed by atoms with Crippen LogP contribution >= 0.6 is 0 Å². The molecule has 2 atom stereocenters. The molecule has 0 bridgehead atoms. The zero-order chi connectivity index (χ0) is 15.3. The van der Waals surface area contributed by atoms with Gasteiger partial charge in [0.15, 0.2) is 0 Å². The molecule has 3 aromatic rings. The second-order valence-electron chi connectivity index (χ2n) is 5.63. The third kappa shape index (κ3) is 1.60. The Morgan fingerprint density at radius 2 is 2.23 bits per heavy atom. The highest BCUT2D eigenvalue weighted by Gasteiger charge is 2.61. The van der Waals surface area contributed by atoms with Crippen molar-refractivity contribution < 1.29 is 9.18 Å². The van der Waals surface area contributed by atoms with Crippen LogP contribution in [-0.2, 0) is 10.2 Å². The molecule has 110 valence electrons. The molecule has 1 saturated carbocycles. The average Bonchev–Trinajstić information content (AvgIpc) is 3.10. The molecule has 2 heterocycles. The van der Waals surface area contributed by atoms with Crippen LogP contribution in [0.3, 0.4) is 0 Å². The third-order valence-electron chi connectivity index (χ3n) is 4.54. The monoisotopic (exact) mass is 296 g/mol. The summed E-state index contributed by atoms with van der Waals surface area (Å²) >= 11 is 0. The van der Waals surface area contributed by atoms with E-state index in [0.29, 0.717) is 22.9 Å². The van der Waals surface area contributed by atoms with E-state index in [2.05, 4.69) is 15.2 Å². The first-order valence-electron chi connectivity index (χ1n) is 6.96. The van der Waals surface area contributed by atoms with Crippen LogP contribution in [-0.4, -0.2) is 21.1 Å². The highest BCUT2D eigenvalue weighted by Crippen LogP contribution is 2.60. The number of aromatic nitrogens is 3. The molecule has 0 spiro atoms. The lowest BCUT2D eigenvalue weighted by Gasteiger charge is -2.14. The van der Waals surface area contributed by atoms with Crippen molar-refractivity contribution in [3.05, 3.63) is 59.8 Å². The molecule has 1 amide bonds. The Hall–Kier alpha value is -2.76. The second kappa shape index (κ2) is 4.37. The SMILES string of the molecule is NC(=O)C1(c2cccnc2)CC1c1ccc2[nH]ncc2c1F. The van der Waals surface area contributed by atoms with E-state index < -0.39 is 11.3 Å². The van der Waals surface area contributed by atoms with Gasteiger partial charge in [-0.05, 0) is 29.7 Å². The van der Waals surface area contributed by atoms with Gasteiger partial charge in [0, 0.05) is 18.3 Å².